The first-order chi connectivity index (χ1) is 14.0. The average molecular weight is 406 g/mol. The van der Waals surface area contributed by atoms with E-state index in [0.717, 1.165) is 23.8 Å². The smallest absolute Gasteiger partial charge is 0.254 e. The summed E-state index contributed by atoms with van der Waals surface area (Å²) in [4.78, 5) is 16.3. The molecule has 3 rings (SSSR count). The molecule has 1 amide bonds. The maximum atomic E-state index is 13.4. The summed E-state index contributed by atoms with van der Waals surface area (Å²) in [7, 11) is 4.71. The summed E-state index contributed by atoms with van der Waals surface area (Å²) in [6.45, 7) is 2.79. The van der Waals surface area contributed by atoms with Crippen molar-refractivity contribution in [2.24, 2.45) is 0 Å². The molecule has 1 heterocycles. The molecule has 6 nitrogen and oxygen atoms in total. The van der Waals surface area contributed by atoms with Crippen molar-refractivity contribution < 1.29 is 27.8 Å². The van der Waals surface area contributed by atoms with Gasteiger partial charge in [-0.05, 0) is 18.2 Å². The van der Waals surface area contributed by atoms with Crippen molar-refractivity contribution in [1.29, 1.82) is 0 Å². The Hall–Kier alpha value is -2.87. The van der Waals surface area contributed by atoms with Crippen molar-refractivity contribution in [1.82, 2.24) is 9.80 Å². The number of halogens is 2. The van der Waals surface area contributed by atoms with Crippen molar-refractivity contribution in [3.8, 4) is 17.2 Å². The molecular weight excluding hydrogens is 382 g/mol. The van der Waals surface area contributed by atoms with Crippen molar-refractivity contribution in [2.45, 2.75) is 6.54 Å². The molecule has 2 aromatic carbocycles. The lowest BCUT2D eigenvalue weighted by Crippen LogP contribution is -2.48. The van der Waals surface area contributed by atoms with E-state index in [1.807, 2.05) is 12.1 Å². The van der Waals surface area contributed by atoms with Crippen LogP contribution >= 0.6 is 0 Å². The van der Waals surface area contributed by atoms with E-state index >= 15 is 0 Å². The average Bonchev–Trinajstić information content (AvgIpc) is 2.72. The third-order valence-electron chi connectivity index (χ3n) is 4.95. The Balaban J connectivity index is 1.66. The Morgan fingerprint density at radius 3 is 2.07 bits per heavy atom. The number of hydrogen-bond acceptors (Lipinski definition) is 5. The molecule has 0 radical (unpaired) electrons. The summed E-state index contributed by atoms with van der Waals surface area (Å²) in [6, 6.07) is 6.63. The lowest BCUT2D eigenvalue weighted by molar-refractivity contribution is 0.0626. The standard InChI is InChI=1S/C21H24F2N2O4/c1-27-18-5-4-14(19(28-2)20(18)29-3)13-24-6-8-25(9-7-24)21(26)15-10-16(22)12-17(23)11-15/h4-5,10-12H,6-9,13H2,1-3H3. The summed E-state index contributed by atoms with van der Waals surface area (Å²) in [5.74, 6) is -0.146. The Bertz CT molecular complexity index is 863. The van der Waals surface area contributed by atoms with Gasteiger partial charge in [0.15, 0.2) is 11.5 Å². The van der Waals surface area contributed by atoms with Gasteiger partial charge in [0.05, 0.1) is 21.3 Å². The fourth-order valence-electron chi connectivity index (χ4n) is 3.50. The van der Waals surface area contributed by atoms with Crippen LogP contribution in [0.4, 0.5) is 8.78 Å². The van der Waals surface area contributed by atoms with Crippen molar-refractivity contribution >= 4 is 5.91 Å². The Morgan fingerprint density at radius 1 is 0.897 bits per heavy atom. The summed E-state index contributed by atoms with van der Waals surface area (Å²) in [5, 5.41) is 0. The molecule has 1 aliphatic rings. The number of rotatable bonds is 6. The highest BCUT2D eigenvalue weighted by atomic mass is 19.1. The molecule has 0 bridgehead atoms. The molecule has 29 heavy (non-hydrogen) atoms. The minimum absolute atomic E-state index is 0.0255. The van der Waals surface area contributed by atoms with Gasteiger partial charge in [0.1, 0.15) is 11.6 Å². The molecule has 8 heteroatoms. The van der Waals surface area contributed by atoms with Gasteiger partial charge >= 0.3 is 0 Å². The maximum absolute atomic E-state index is 13.4. The van der Waals surface area contributed by atoms with E-state index in [0.29, 0.717) is 50.0 Å². The highest BCUT2D eigenvalue weighted by Crippen LogP contribution is 2.40. The first-order valence-electron chi connectivity index (χ1n) is 9.22. The van der Waals surface area contributed by atoms with Crippen LogP contribution < -0.4 is 14.2 Å². The van der Waals surface area contributed by atoms with Crippen LogP contribution in [0.15, 0.2) is 30.3 Å². The molecular formula is C21H24F2N2O4. The van der Waals surface area contributed by atoms with Crippen molar-refractivity contribution in [3.05, 3.63) is 53.1 Å². The van der Waals surface area contributed by atoms with E-state index in [9.17, 15) is 13.6 Å². The van der Waals surface area contributed by atoms with Gasteiger partial charge in [-0.25, -0.2) is 8.78 Å². The van der Waals surface area contributed by atoms with Gasteiger partial charge in [0.25, 0.3) is 5.91 Å². The summed E-state index contributed by atoms with van der Waals surface area (Å²) < 4.78 is 43.0. The topological polar surface area (TPSA) is 51.2 Å². The second-order valence-electron chi connectivity index (χ2n) is 6.72. The first kappa shape index (κ1) is 20.9. The van der Waals surface area contributed by atoms with Gasteiger partial charge in [-0.1, -0.05) is 6.07 Å². The minimum Gasteiger partial charge on any atom is -0.493 e. The zero-order chi connectivity index (χ0) is 21.0. The van der Waals surface area contributed by atoms with E-state index in [-0.39, 0.29) is 11.5 Å². The number of benzene rings is 2. The van der Waals surface area contributed by atoms with Crippen LogP contribution in [0.5, 0.6) is 17.2 Å². The molecule has 1 aliphatic heterocycles. The van der Waals surface area contributed by atoms with Gasteiger partial charge < -0.3 is 19.1 Å². The molecule has 0 N–H and O–H groups in total. The van der Waals surface area contributed by atoms with Gasteiger partial charge in [0.2, 0.25) is 5.75 Å². The van der Waals surface area contributed by atoms with Crippen molar-refractivity contribution in [3.63, 3.8) is 0 Å². The van der Waals surface area contributed by atoms with Gasteiger partial charge in [0, 0.05) is 49.9 Å². The monoisotopic (exact) mass is 406 g/mol. The maximum Gasteiger partial charge on any atom is 0.254 e. The van der Waals surface area contributed by atoms with Crippen LogP contribution in [0.25, 0.3) is 0 Å². The van der Waals surface area contributed by atoms with E-state index in [2.05, 4.69) is 4.90 Å². The molecule has 1 fully saturated rings. The minimum atomic E-state index is -0.757. The Labute approximate surface area is 168 Å². The normalized spacial score (nSPS) is 14.6. The first-order valence-corrected chi connectivity index (χ1v) is 9.22. The zero-order valence-corrected chi connectivity index (χ0v) is 16.7. The quantitative estimate of drug-likeness (QED) is 0.738. The number of methoxy groups -OCH3 is 3. The molecule has 0 aliphatic carbocycles. The summed E-state index contributed by atoms with van der Waals surface area (Å²) in [6.07, 6.45) is 0. The highest BCUT2D eigenvalue weighted by molar-refractivity contribution is 5.94. The van der Waals surface area contributed by atoms with Gasteiger partial charge in [-0.15, -0.1) is 0 Å². The number of amides is 1. The third-order valence-corrected chi connectivity index (χ3v) is 4.95. The predicted molar refractivity (Wildman–Crippen MR) is 104 cm³/mol. The lowest BCUT2D eigenvalue weighted by atomic mass is 10.1. The number of carbonyl (C=O) groups excluding carboxylic acids is 1. The van der Waals surface area contributed by atoms with Crippen molar-refractivity contribution in [2.75, 3.05) is 47.5 Å². The molecule has 0 spiro atoms. The number of carbonyl (C=O) groups is 1. The Morgan fingerprint density at radius 2 is 1.52 bits per heavy atom. The number of hydrogen-bond donors (Lipinski definition) is 0. The largest absolute Gasteiger partial charge is 0.493 e. The number of piperazine rings is 1. The van der Waals surface area contributed by atoms with Crippen LogP contribution in [0.1, 0.15) is 15.9 Å². The van der Waals surface area contributed by atoms with Crippen LogP contribution in [0.3, 0.4) is 0 Å². The zero-order valence-electron chi connectivity index (χ0n) is 16.7. The number of nitrogens with zero attached hydrogens (tertiary/aromatic N) is 2. The van der Waals surface area contributed by atoms with E-state index < -0.39 is 11.6 Å². The predicted octanol–water partition coefficient (Wildman–Crippen LogP) is 2.95. The highest BCUT2D eigenvalue weighted by Gasteiger charge is 2.24. The fourth-order valence-corrected chi connectivity index (χ4v) is 3.50. The molecule has 0 unspecified atom stereocenters. The molecule has 0 aromatic heterocycles. The van der Waals surface area contributed by atoms with E-state index in [1.165, 1.54) is 0 Å². The van der Waals surface area contributed by atoms with E-state index in [1.54, 1.807) is 26.2 Å². The van der Waals surface area contributed by atoms with Crippen LogP contribution in [-0.4, -0.2) is 63.2 Å². The lowest BCUT2D eigenvalue weighted by Gasteiger charge is -2.35. The molecule has 0 atom stereocenters. The second-order valence-corrected chi connectivity index (χ2v) is 6.72. The second kappa shape index (κ2) is 9.09. The third kappa shape index (κ3) is 4.59. The van der Waals surface area contributed by atoms with Gasteiger partial charge in [-0.3, -0.25) is 9.69 Å². The molecule has 0 saturated carbocycles. The molecule has 1 saturated heterocycles. The van der Waals surface area contributed by atoms with Gasteiger partial charge in [-0.2, -0.15) is 0 Å². The van der Waals surface area contributed by atoms with Crippen LogP contribution in [0, 0.1) is 11.6 Å². The molecule has 156 valence electrons. The summed E-state index contributed by atoms with van der Waals surface area (Å²) in [5.41, 5.74) is 0.967. The Kier molecular flexibility index (Phi) is 6.53. The number of ether oxygens (including phenoxy) is 3. The SMILES string of the molecule is COc1ccc(CN2CCN(C(=O)c3cc(F)cc(F)c3)CC2)c(OC)c1OC. The van der Waals surface area contributed by atoms with E-state index in [4.69, 9.17) is 14.2 Å². The summed E-state index contributed by atoms with van der Waals surface area (Å²) >= 11 is 0. The fraction of sp³-hybridized carbons (Fsp3) is 0.381. The molecule has 2 aromatic rings. The van der Waals surface area contributed by atoms with Crippen LogP contribution in [-0.2, 0) is 6.54 Å². The van der Waals surface area contributed by atoms with Crippen LogP contribution in [0.2, 0.25) is 0 Å².